The Labute approximate surface area is 108 Å². The molecule has 1 aliphatic carbocycles. The minimum Gasteiger partial charge on any atom is -0.480 e. The lowest BCUT2D eigenvalue weighted by atomic mass is 9.81. The molecule has 0 aromatic carbocycles. The van der Waals surface area contributed by atoms with Crippen LogP contribution < -0.4 is 0 Å². The van der Waals surface area contributed by atoms with E-state index in [1.807, 2.05) is 0 Å². The second kappa shape index (κ2) is 7.19. The molecule has 0 spiro atoms. The Morgan fingerprint density at radius 2 is 1.33 bits per heavy atom. The van der Waals surface area contributed by atoms with Crippen LogP contribution in [-0.2, 0) is 9.59 Å². The molecule has 4 heteroatoms. The maximum Gasteiger partial charge on any atom is 0.324 e. The summed E-state index contributed by atoms with van der Waals surface area (Å²) in [5.41, 5.74) is -1.72. The quantitative estimate of drug-likeness (QED) is 0.586. The molecule has 0 saturated carbocycles. The van der Waals surface area contributed by atoms with E-state index in [9.17, 15) is 19.8 Å². The molecule has 18 heavy (non-hydrogen) atoms. The number of rotatable bonds is 2. The van der Waals surface area contributed by atoms with Gasteiger partial charge in [-0.15, -0.1) is 0 Å². The van der Waals surface area contributed by atoms with Gasteiger partial charge < -0.3 is 10.2 Å². The molecule has 102 valence electrons. The zero-order valence-electron chi connectivity index (χ0n) is 10.7. The van der Waals surface area contributed by atoms with Crippen molar-refractivity contribution in [3.05, 3.63) is 12.2 Å². The van der Waals surface area contributed by atoms with Gasteiger partial charge in [0.2, 0.25) is 0 Å². The third-order valence-electron chi connectivity index (χ3n) is 3.61. The van der Waals surface area contributed by atoms with Crippen molar-refractivity contribution >= 4 is 11.9 Å². The van der Waals surface area contributed by atoms with Crippen molar-refractivity contribution < 1.29 is 19.8 Å². The highest BCUT2D eigenvalue weighted by Crippen LogP contribution is 2.29. The van der Waals surface area contributed by atoms with Crippen LogP contribution in [0.3, 0.4) is 0 Å². The lowest BCUT2D eigenvalue weighted by Crippen LogP contribution is -2.37. The van der Waals surface area contributed by atoms with Crippen LogP contribution >= 0.6 is 0 Å². The molecular formula is C14H22O4. The van der Waals surface area contributed by atoms with E-state index in [0.717, 1.165) is 38.5 Å². The molecule has 0 bridgehead atoms. The highest BCUT2D eigenvalue weighted by atomic mass is 16.4. The Bertz CT molecular complexity index is 306. The molecular weight excluding hydrogens is 232 g/mol. The third-order valence-corrected chi connectivity index (χ3v) is 3.61. The van der Waals surface area contributed by atoms with Crippen molar-refractivity contribution in [3.8, 4) is 0 Å². The fourth-order valence-electron chi connectivity index (χ4n) is 2.37. The highest BCUT2D eigenvalue weighted by Gasteiger charge is 2.43. The van der Waals surface area contributed by atoms with Gasteiger partial charge in [0.1, 0.15) is 0 Å². The van der Waals surface area contributed by atoms with Gasteiger partial charge in [-0.3, -0.25) is 9.59 Å². The Morgan fingerprint density at radius 3 is 1.89 bits per heavy atom. The molecule has 1 aliphatic rings. The number of hydrogen-bond acceptors (Lipinski definition) is 2. The van der Waals surface area contributed by atoms with Gasteiger partial charge in [0.15, 0.2) is 5.41 Å². The van der Waals surface area contributed by atoms with Crippen LogP contribution in [0.5, 0.6) is 0 Å². The maximum absolute atomic E-state index is 11.3. The lowest BCUT2D eigenvalue weighted by molar-refractivity contribution is -0.161. The SMILES string of the molecule is O=C(O)C1(C(=O)O)C=CCCCCCCCCC1. The summed E-state index contributed by atoms with van der Waals surface area (Å²) in [6.07, 6.45) is 11.2. The molecule has 0 radical (unpaired) electrons. The molecule has 0 fully saturated rings. The molecule has 0 aromatic heterocycles. The van der Waals surface area contributed by atoms with E-state index in [2.05, 4.69) is 0 Å². The molecule has 2 N–H and O–H groups in total. The number of allylic oxidation sites excluding steroid dienone is 1. The summed E-state index contributed by atoms with van der Waals surface area (Å²) in [5, 5.41) is 18.5. The molecule has 0 atom stereocenters. The van der Waals surface area contributed by atoms with E-state index < -0.39 is 17.4 Å². The van der Waals surface area contributed by atoms with Crippen molar-refractivity contribution in [2.45, 2.75) is 57.8 Å². The predicted octanol–water partition coefficient (Wildman–Crippen LogP) is 3.22. The lowest BCUT2D eigenvalue weighted by Gasteiger charge is -2.21. The largest absolute Gasteiger partial charge is 0.480 e. The minimum atomic E-state index is -1.72. The Balaban J connectivity index is 2.83. The second-order valence-electron chi connectivity index (χ2n) is 5.00. The van der Waals surface area contributed by atoms with Crippen LogP contribution in [-0.4, -0.2) is 22.2 Å². The molecule has 0 unspecified atom stereocenters. The first-order chi connectivity index (χ1) is 8.59. The van der Waals surface area contributed by atoms with E-state index >= 15 is 0 Å². The van der Waals surface area contributed by atoms with Crippen LogP contribution in [0.25, 0.3) is 0 Å². The maximum atomic E-state index is 11.3. The molecule has 0 saturated heterocycles. The zero-order chi connectivity index (χ0) is 13.4. The number of carboxylic acid groups (broad SMARTS) is 2. The van der Waals surface area contributed by atoms with Crippen molar-refractivity contribution in [2.24, 2.45) is 5.41 Å². The van der Waals surface area contributed by atoms with Crippen molar-refractivity contribution in [3.63, 3.8) is 0 Å². The van der Waals surface area contributed by atoms with Gasteiger partial charge in [-0.25, -0.2) is 0 Å². The number of aliphatic carboxylic acids is 2. The molecule has 0 amide bonds. The summed E-state index contributed by atoms with van der Waals surface area (Å²) < 4.78 is 0. The van der Waals surface area contributed by atoms with Crippen LogP contribution in [0.1, 0.15) is 57.8 Å². The van der Waals surface area contributed by atoms with Crippen LogP contribution in [0.2, 0.25) is 0 Å². The first-order valence-electron chi connectivity index (χ1n) is 6.74. The minimum absolute atomic E-state index is 0.189. The predicted molar refractivity (Wildman–Crippen MR) is 68.4 cm³/mol. The molecule has 0 heterocycles. The van der Waals surface area contributed by atoms with E-state index in [0.29, 0.717) is 6.42 Å². The molecule has 1 rings (SSSR count). The van der Waals surface area contributed by atoms with Gasteiger partial charge in [-0.05, 0) is 19.3 Å². The van der Waals surface area contributed by atoms with Crippen molar-refractivity contribution in [1.29, 1.82) is 0 Å². The standard InChI is InChI=1S/C14H22O4/c15-12(16)14(13(17)18)10-8-6-4-2-1-3-5-7-9-11-14/h8,10H,1-7,9,11H2,(H,15,16)(H,17,18). The first-order valence-corrected chi connectivity index (χ1v) is 6.74. The molecule has 4 nitrogen and oxygen atoms in total. The summed E-state index contributed by atoms with van der Waals surface area (Å²) in [6, 6.07) is 0. The van der Waals surface area contributed by atoms with Gasteiger partial charge in [0.25, 0.3) is 0 Å². The fourth-order valence-corrected chi connectivity index (χ4v) is 2.37. The Morgan fingerprint density at radius 1 is 0.833 bits per heavy atom. The highest BCUT2D eigenvalue weighted by molar-refractivity contribution is 6.00. The molecule has 0 aromatic rings. The summed E-state index contributed by atoms with van der Waals surface area (Å²) in [4.78, 5) is 22.6. The summed E-state index contributed by atoms with van der Waals surface area (Å²) in [5.74, 6) is -2.49. The monoisotopic (exact) mass is 254 g/mol. The first kappa shape index (κ1) is 14.7. The Hall–Kier alpha value is -1.32. The van der Waals surface area contributed by atoms with Gasteiger partial charge in [-0.1, -0.05) is 50.7 Å². The van der Waals surface area contributed by atoms with E-state index in [1.165, 1.54) is 12.5 Å². The second-order valence-corrected chi connectivity index (χ2v) is 5.00. The van der Waals surface area contributed by atoms with Crippen molar-refractivity contribution in [2.75, 3.05) is 0 Å². The van der Waals surface area contributed by atoms with Gasteiger partial charge >= 0.3 is 11.9 Å². The summed E-state index contributed by atoms with van der Waals surface area (Å²) in [7, 11) is 0. The van der Waals surface area contributed by atoms with Crippen molar-refractivity contribution in [1.82, 2.24) is 0 Å². The topological polar surface area (TPSA) is 74.6 Å². The van der Waals surface area contributed by atoms with Crippen LogP contribution in [0.15, 0.2) is 12.2 Å². The third kappa shape index (κ3) is 3.86. The van der Waals surface area contributed by atoms with E-state index in [4.69, 9.17) is 0 Å². The number of carbonyl (C=O) groups is 2. The fraction of sp³-hybridized carbons (Fsp3) is 0.714. The normalized spacial score (nSPS) is 21.6. The van der Waals surface area contributed by atoms with Gasteiger partial charge in [0, 0.05) is 0 Å². The zero-order valence-corrected chi connectivity index (χ0v) is 10.7. The average Bonchev–Trinajstić information content (AvgIpc) is 2.29. The molecule has 0 aliphatic heterocycles. The number of carboxylic acids is 2. The average molecular weight is 254 g/mol. The van der Waals surface area contributed by atoms with Gasteiger partial charge in [0.05, 0.1) is 0 Å². The smallest absolute Gasteiger partial charge is 0.324 e. The van der Waals surface area contributed by atoms with E-state index in [-0.39, 0.29) is 6.42 Å². The summed E-state index contributed by atoms with van der Waals surface area (Å²) >= 11 is 0. The Kier molecular flexibility index (Phi) is 5.89. The van der Waals surface area contributed by atoms with Crippen LogP contribution in [0.4, 0.5) is 0 Å². The van der Waals surface area contributed by atoms with E-state index in [1.54, 1.807) is 6.08 Å². The van der Waals surface area contributed by atoms with Crippen LogP contribution in [0, 0.1) is 5.41 Å². The number of hydrogen-bond donors (Lipinski definition) is 2. The summed E-state index contributed by atoms with van der Waals surface area (Å²) in [6.45, 7) is 0. The van der Waals surface area contributed by atoms with Gasteiger partial charge in [-0.2, -0.15) is 0 Å².